The molecule has 2 rings (SSSR count). The van der Waals surface area contributed by atoms with Crippen molar-refractivity contribution in [2.24, 2.45) is 0 Å². The molecule has 0 fully saturated rings. The van der Waals surface area contributed by atoms with E-state index in [-0.39, 0.29) is 6.04 Å². The van der Waals surface area contributed by atoms with Crippen LogP contribution in [0.25, 0.3) is 0 Å². The molecule has 0 aliphatic carbocycles. The van der Waals surface area contributed by atoms with Crippen LogP contribution in [0.2, 0.25) is 0 Å². The molecule has 0 aliphatic heterocycles. The van der Waals surface area contributed by atoms with Crippen molar-refractivity contribution in [3.8, 4) is 5.75 Å². The summed E-state index contributed by atoms with van der Waals surface area (Å²) in [6.45, 7) is 2.14. The third-order valence-corrected chi connectivity index (χ3v) is 2.78. The highest BCUT2D eigenvalue weighted by Crippen LogP contribution is 2.27. The smallest absolute Gasteiger partial charge is 0.141 e. The molecule has 2 heteroatoms. The van der Waals surface area contributed by atoms with Crippen molar-refractivity contribution in [3.63, 3.8) is 0 Å². The minimum absolute atomic E-state index is 0.257. The Labute approximate surface area is 102 Å². The number of nitrogens with one attached hydrogen (secondary N) is 1. The van der Waals surface area contributed by atoms with Crippen molar-refractivity contribution in [3.05, 3.63) is 60.2 Å². The summed E-state index contributed by atoms with van der Waals surface area (Å²) in [5, 5.41) is 3.45. The maximum absolute atomic E-state index is 5.32. The van der Waals surface area contributed by atoms with Gasteiger partial charge in [0.05, 0.1) is 12.8 Å². The average molecular weight is 227 g/mol. The summed E-state index contributed by atoms with van der Waals surface area (Å²) in [5.74, 6) is 0.871. The van der Waals surface area contributed by atoms with Crippen LogP contribution in [0, 0.1) is 0 Å². The van der Waals surface area contributed by atoms with Gasteiger partial charge in [-0.25, -0.2) is 0 Å². The van der Waals surface area contributed by atoms with E-state index in [9.17, 15) is 0 Å². The Bertz CT molecular complexity index is 467. The van der Waals surface area contributed by atoms with Crippen LogP contribution < -0.4 is 10.1 Å². The van der Waals surface area contributed by atoms with Crippen LogP contribution >= 0.6 is 0 Å². The molecule has 2 aromatic carbocycles. The predicted octanol–water partition coefficient (Wildman–Crippen LogP) is 3.87. The van der Waals surface area contributed by atoms with Gasteiger partial charge >= 0.3 is 0 Å². The van der Waals surface area contributed by atoms with Crippen LogP contribution in [0.15, 0.2) is 54.6 Å². The van der Waals surface area contributed by atoms with Gasteiger partial charge in [0.25, 0.3) is 0 Å². The first-order chi connectivity index (χ1) is 8.31. The number of ether oxygens (including phenoxy) is 1. The molecule has 0 heterocycles. The molecule has 2 aromatic rings. The normalized spacial score (nSPS) is 11.9. The fraction of sp³-hybridized carbons (Fsp3) is 0.200. The molecule has 0 unspecified atom stereocenters. The van der Waals surface area contributed by atoms with Gasteiger partial charge in [0.2, 0.25) is 0 Å². The molecule has 1 atom stereocenters. The van der Waals surface area contributed by atoms with Gasteiger partial charge in [0.15, 0.2) is 0 Å². The van der Waals surface area contributed by atoms with Gasteiger partial charge in [-0.1, -0.05) is 42.5 Å². The van der Waals surface area contributed by atoms with Gasteiger partial charge in [0.1, 0.15) is 5.75 Å². The zero-order valence-corrected chi connectivity index (χ0v) is 10.2. The van der Waals surface area contributed by atoms with Crippen molar-refractivity contribution < 1.29 is 4.74 Å². The van der Waals surface area contributed by atoms with Crippen LogP contribution in [-0.4, -0.2) is 7.11 Å². The summed E-state index contributed by atoms with van der Waals surface area (Å²) < 4.78 is 5.32. The SMILES string of the molecule is COc1ccccc1N[C@@H](C)c1ccccc1. The lowest BCUT2D eigenvalue weighted by molar-refractivity contribution is 0.416. The minimum atomic E-state index is 0.257. The molecule has 0 saturated carbocycles. The van der Waals surface area contributed by atoms with E-state index in [1.54, 1.807) is 7.11 Å². The molecule has 0 amide bonds. The Balaban J connectivity index is 2.16. The monoisotopic (exact) mass is 227 g/mol. The Kier molecular flexibility index (Phi) is 3.66. The summed E-state index contributed by atoms with van der Waals surface area (Å²) >= 11 is 0. The first kappa shape index (κ1) is 11.5. The summed E-state index contributed by atoms with van der Waals surface area (Å²) in [6.07, 6.45) is 0. The van der Waals surface area contributed by atoms with E-state index in [0.717, 1.165) is 11.4 Å². The first-order valence-corrected chi connectivity index (χ1v) is 5.76. The highest BCUT2D eigenvalue weighted by Gasteiger charge is 2.07. The molecule has 0 aliphatic rings. The standard InChI is InChI=1S/C15H17NO/c1-12(13-8-4-3-5-9-13)16-14-10-6-7-11-15(14)17-2/h3-12,16H,1-2H3/t12-/m0/s1. The fourth-order valence-electron chi connectivity index (χ4n) is 1.82. The lowest BCUT2D eigenvalue weighted by Crippen LogP contribution is -2.07. The molecule has 0 spiro atoms. The van der Waals surface area contributed by atoms with E-state index < -0.39 is 0 Å². The number of hydrogen-bond acceptors (Lipinski definition) is 2. The van der Waals surface area contributed by atoms with Crippen molar-refractivity contribution in [1.29, 1.82) is 0 Å². The van der Waals surface area contributed by atoms with E-state index in [4.69, 9.17) is 4.74 Å². The number of para-hydroxylation sites is 2. The second kappa shape index (κ2) is 5.39. The molecule has 0 aromatic heterocycles. The van der Waals surface area contributed by atoms with Crippen molar-refractivity contribution >= 4 is 5.69 Å². The highest BCUT2D eigenvalue weighted by molar-refractivity contribution is 5.57. The minimum Gasteiger partial charge on any atom is -0.495 e. The third-order valence-electron chi connectivity index (χ3n) is 2.78. The molecule has 0 radical (unpaired) electrons. The van der Waals surface area contributed by atoms with E-state index in [0.29, 0.717) is 0 Å². The molecule has 88 valence electrons. The molecule has 2 nitrogen and oxygen atoms in total. The Morgan fingerprint density at radius 2 is 1.59 bits per heavy atom. The average Bonchev–Trinajstić information content (AvgIpc) is 2.40. The lowest BCUT2D eigenvalue weighted by Gasteiger charge is -2.17. The summed E-state index contributed by atoms with van der Waals surface area (Å²) in [4.78, 5) is 0. The van der Waals surface area contributed by atoms with E-state index in [2.05, 4.69) is 36.5 Å². The lowest BCUT2D eigenvalue weighted by atomic mass is 10.1. The Hall–Kier alpha value is -1.96. The largest absolute Gasteiger partial charge is 0.495 e. The molecule has 1 N–H and O–H groups in total. The molecule has 0 bridgehead atoms. The molecule has 0 saturated heterocycles. The van der Waals surface area contributed by atoms with Crippen LogP contribution in [0.3, 0.4) is 0 Å². The van der Waals surface area contributed by atoms with Crippen LogP contribution in [-0.2, 0) is 0 Å². The summed E-state index contributed by atoms with van der Waals surface area (Å²) in [5.41, 5.74) is 2.28. The number of rotatable bonds is 4. The quantitative estimate of drug-likeness (QED) is 0.856. The Morgan fingerprint density at radius 1 is 0.941 bits per heavy atom. The zero-order valence-electron chi connectivity index (χ0n) is 10.2. The number of benzene rings is 2. The fourth-order valence-corrected chi connectivity index (χ4v) is 1.82. The van der Waals surface area contributed by atoms with Crippen molar-refractivity contribution in [2.75, 3.05) is 12.4 Å². The second-order valence-electron chi connectivity index (χ2n) is 3.98. The summed E-state index contributed by atoms with van der Waals surface area (Å²) in [6, 6.07) is 18.6. The van der Waals surface area contributed by atoms with Crippen molar-refractivity contribution in [1.82, 2.24) is 0 Å². The third kappa shape index (κ3) is 2.78. The molecular weight excluding hydrogens is 210 g/mol. The number of anilines is 1. The van der Waals surface area contributed by atoms with Crippen LogP contribution in [0.5, 0.6) is 5.75 Å². The van der Waals surface area contributed by atoms with Gasteiger partial charge in [-0.2, -0.15) is 0 Å². The molecule has 17 heavy (non-hydrogen) atoms. The van der Waals surface area contributed by atoms with Gasteiger partial charge in [-0.15, -0.1) is 0 Å². The molecular formula is C15H17NO. The maximum Gasteiger partial charge on any atom is 0.141 e. The van der Waals surface area contributed by atoms with E-state index in [1.807, 2.05) is 30.3 Å². The summed E-state index contributed by atoms with van der Waals surface area (Å²) in [7, 11) is 1.69. The van der Waals surface area contributed by atoms with Gasteiger partial charge in [-0.3, -0.25) is 0 Å². The predicted molar refractivity (Wildman–Crippen MR) is 71.5 cm³/mol. The Morgan fingerprint density at radius 3 is 2.29 bits per heavy atom. The topological polar surface area (TPSA) is 21.3 Å². The van der Waals surface area contributed by atoms with Gasteiger partial charge in [-0.05, 0) is 24.6 Å². The van der Waals surface area contributed by atoms with E-state index in [1.165, 1.54) is 5.56 Å². The first-order valence-electron chi connectivity index (χ1n) is 5.76. The van der Waals surface area contributed by atoms with Crippen LogP contribution in [0.1, 0.15) is 18.5 Å². The van der Waals surface area contributed by atoms with Crippen LogP contribution in [0.4, 0.5) is 5.69 Å². The van der Waals surface area contributed by atoms with Gasteiger partial charge < -0.3 is 10.1 Å². The number of hydrogen-bond donors (Lipinski definition) is 1. The second-order valence-corrected chi connectivity index (χ2v) is 3.98. The van der Waals surface area contributed by atoms with Crippen molar-refractivity contribution in [2.45, 2.75) is 13.0 Å². The van der Waals surface area contributed by atoms with Gasteiger partial charge in [0, 0.05) is 6.04 Å². The zero-order chi connectivity index (χ0) is 12.1. The van der Waals surface area contributed by atoms with E-state index >= 15 is 0 Å². The number of methoxy groups -OCH3 is 1. The highest BCUT2D eigenvalue weighted by atomic mass is 16.5. The maximum atomic E-state index is 5.32.